The molecule has 2 aromatic rings. The highest BCUT2D eigenvalue weighted by atomic mass is 32.2. The minimum Gasteiger partial charge on any atom is -0.452 e. The number of ether oxygens (including phenoxy) is 1. The van der Waals surface area contributed by atoms with E-state index >= 15 is 0 Å². The van der Waals surface area contributed by atoms with E-state index in [4.69, 9.17) is 4.74 Å². The number of carbonyl (C=O) groups is 2. The monoisotopic (exact) mass is 379 g/mol. The highest BCUT2D eigenvalue weighted by Crippen LogP contribution is 2.17. The third-order valence-corrected chi connectivity index (χ3v) is 5.26. The summed E-state index contributed by atoms with van der Waals surface area (Å²) < 4.78 is 27.8. The lowest BCUT2D eigenvalue weighted by Crippen LogP contribution is -2.20. The molecule has 0 bridgehead atoms. The summed E-state index contributed by atoms with van der Waals surface area (Å²) in [7, 11) is -3.36. The number of hydrogen-bond donors (Lipinski definition) is 1. The SMILES string of the molecule is Cc1ccsc1/C=C/C(=O)OCC(=O)Nc1cccc(S(C)(=O)=O)c1. The zero-order valence-electron chi connectivity index (χ0n) is 13.7. The Labute approximate surface area is 150 Å². The van der Waals surface area contributed by atoms with Crippen LogP contribution in [-0.2, 0) is 24.2 Å². The lowest BCUT2D eigenvalue weighted by atomic mass is 10.3. The Balaban J connectivity index is 1.87. The maximum atomic E-state index is 11.8. The molecule has 8 heteroatoms. The van der Waals surface area contributed by atoms with Gasteiger partial charge in [-0.3, -0.25) is 4.79 Å². The minimum atomic E-state index is -3.36. The molecule has 2 rings (SSSR count). The molecule has 1 heterocycles. The van der Waals surface area contributed by atoms with E-state index < -0.39 is 28.3 Å². The summed E-state index contributed by atoms with van der Waals surface area (Å²) in [6, 6.07) is 7.78. The zero-order valence-corrected chi connectivity index (χ0v) is 15.3. The van der Waals surface area contributed by atoms with Gasteiger partial charge in [-0.1, -0.05) is 6.07 Å². The maximum absolute atomic E-state index is 11.8. The van der Waals surface area contributed by atoms with Crippen LogP contribution in [0, 0.1) is 6.92 Å². The molecular formula is C17H17NO5S2. The molecule has 0 saturated carbocycles. The smallest absolute Gasteiger partial charge is 0.331 e. The second-order valence-electron chi connectivity index (χ2n) is 5.26. The van der Waals surface area contributed by atoms with E-state index in [-0.39, 0.29) is 4.90 Å². The van der Waals surface area contributed by atoms with Crippen molar-refractivity contribution in [2.75, 3.05) is 18.2 Å². The van der Waals surface area contributed by atoms with Gasteiger partial charge in [0.1, 0.15) is 0 Å². The van der Waals surface area contributed by atoms with Gasteiger partial charge in [-0.25, -0.2) is 13.2 Å². The highest BCUT2D eigenvalue weighted by Gasteiger charge is 2.10. The topological polar surface area (TPSA) is 89.5 Å². The summed E-state index contributed by atoms with van der Waals surface area (Å²) in [5.41, 5.74) is 1.37. The quantitative estimate of drug-likeness (QED) is 0.616. The largest absolute Gasteiger partial charge is 0.452 e. The lowest BCUT2D eigenvalue weighted by molar-refractivity contribution is -0.142. The van der Waals surface area contributed by atoms with Crippen molar-refractivity contribution in [2.45, 2.75) is 11.8 Å². The molecular weight excluding hydrogens is 362 g/mol. The molecule has 0 atom stereocenters. The fraction of sp³-hybridized carbons (Fsp3) is 0.176. The highest BCUT2D eigenvalue weighted by molar-refractivity contribution is 7.90. The Hall–Kier alpha value is -2.45. The van der Waals surface area contributed by atoms with Crippen LogP contribution in [0.3, 0.4) is 0 Å². The molecule has 1 aromatic carbocycles. The van der Waals surface area contributed by atoms with Gasteiger partial charge in [0.2, 0.25) is 0 Å². The van der Waals surface area contributed by atoms with E-state index in [1.54, 1.807) is 12.1 Å². The standard InChI is InChI=1S/C17H17NO5S2/c1-12-8-9-24-15(12)6-7-17(20)23-11-16(19)18-13-4-3-5-14(10-13)25(2,21)22/h3-10H,11H2,1-2H3,(H,18,19)/b7-6+. The van der Waals surface area contributed by atoms with Gasteiger partial charge < -0.3 is 10.1 Å². The number of esters is 1. The van der Waals surface area contributed by atoms with Gasteiger partial charge in [0.25, 0.3) is 5.91 Å². The van der Waals surface area contributed by atoms with Gasteiger partial charge in [-0.05, 0) is 48.2 Å². The van der Waals surface area contributed by atoms with Crippen molar-refractivity contribution in [3.63, 3.8) is 0 Å². The predicted octanol–water partition coefficient (Wildman–Crippen LogP) is 2.66. The summed E-state index contributed by atoms with van der Waals surface area (Å²) in [6.07, 6.45) is 3.98. The number of nitrogens with one attached hydrogen (secondary N) is 1. The van der Waals surface area contributed by atoms with Gasteiger partial charge in [-0.2, -0.15) is 0 Å². The van der Waals surface area contributed by atoms with Crippen molar-refractivity contribution in [1.29, 1.82) is 0 Å². The molecule has 0 fully saturated rings. The number of amides is 1. The normalized spacial score (nSPS) is 11.4. The van der Waals surface area contributed by atoms with E-state index in [1.165, 1.54) is 35.6 Å². The molecule has 0 aliphatic heterocycles. The van der Waals surface area contributed by atoms with Crippen LogP contribution in [0.5, 0.6) is 0 Å². The van der Waals surface area contributed by atoms with Crippen LogP contribution in [-0.4, -0.2) is 33.2 Å². The van der Waals surface area contributed by atoms with E-state index in [9.17, 15) is 18.0 Å². The molecule has 132 valence electrons. The number of hydrogen-bond acceptors (Lipinski definition) is 6. The lowest BCUT2D eigenvalue weighted by Gasteiger charge is -2.06. The number of sulfone groups is 1. The van der Waals surface area contributed by atoms with Crippen LogP contribution in [0.4, 0.5) is 5.69 Å². The number of benzene rings is 1. The van der Waals surface area contributed by atoms with Crippen LogP contribution in [0.2, 0.25) is 0 Å². The van der Waals surface area contributed by atoms with Gasteiger partial charge in [0.05, 0.1) is 4.90 Å². The summed E-state index contributed by atoms with van der Waals surface area (Å²) in [5.74, 6) is -1.19. The van der Waals surface area contributed by atoms with E-state index in [1.807, 2.05) is 18.4 Å². The van der Waals surface area contributed by atoms with E-state index in [2.05, 4.69) is 5.32 Å². The predicted molar refractivity (Wildman–Crippen MR) is 97.2 cm³/mol. The Morgan fingerprint density at radius 3 is 2.68 bits per heavy atom. The van der Waals surface area contributed by atoms with Crippen LogP contribution in [0.25, 0.3) is 6.08 Å². The Morgan fingerprint density at radius 1 is 1.28 bits per heavy atom. The molecule has 0 unspecified atom stereocenters. The average Bonchev–Trinajstić information content (AvgIpc) is 2.95. The van der Waals surface area contributed by atoms with Crippen molar-refractivity contribution >= 4 is 44.8 Å². The first kappa shape index (κ1) is 18.9. The van der Waals surface area contributed by atoms with Crippen molar-refractivity contribution in [2.24, 2.45) is 0 Å². The first-order valence-corrected chi connectivity index (χ1v) is 10.0. The fourth-order valence-corrected chi connectivity index (χ4v) is 3.37. The summed E-state index contributed by atoms with van der Waals surface area (Å²) in [4.78, 5) is 24.5. The van der Waals surface area contributed by atoms with Crippen LogP contribution < -0.4 is 5.32 Å². The van der Waals surface area contributed by atoms with Crippen LogP contribution >= 0.6 is 11.3 Å². The number of aryl methyl sites for hydroxylation is 1. The van der Waals surface area contributed by atoms with Crippen molar-refractivity contribution in [3.05, 3.63) is 52.2 Å². The summed E-state index contributed by atoms with van der Waals surface area (Å²) in [6.45, 7) is 1.47. The van der Waals surface area contributed by atoms with Gasteiger partial charge in [-0.15, -0.1) is 11.3 Å². The van der Waals surface area contributed by atoms with Gasteiger partial charge in [0.15, 0.2) is 16.4 Å². The van der Waals surface area contributed by atoms with Gasteiger partial charge in [0, 0.05) is 22.9 Å². The zero-order chi connectivity index (χ0) is 18.4. The Bertz CT molecular complexity index is 913. The number of anilines is 1. The maximum Gasteiger partial charge on any atom is 0.331 e. The molecule has 6 nitrogen and oxygen atoms in total. The van der Waals surface area contributed by atoms with Crippen molar-refractivity contribution in [1.82, 2.24) is 0 Å². The molecule has 0 aliphatic rings. The third-order valence-electron chi connectivity index (χ3n) is 3.16. The minimum absolute atomic E-state index is 0.0940. The fourth-order valence-electron chi connectivity index (χ4n) is 1.89. The third kappa shape index (κ3) is 5.84. The molecule has 0 spiro atoms. The van der Waals surface area contributed by atoms with Gasteiger partial charge >= 0.3 is 5.97 Å². The molecule has 1 N–H and O–H groups in total. The van der Waals surface area contributed by atoms with Crippen molar-refractivity contribution < 1.29 is 22.7 Å². The molecule has 25 heavy (non-hydrogen) atoms. The Morgan fingerprint density at radius 2 is 2.04 bits per heavy atom. The molecule has 0 aliphatic carbocycles. The summed E-state index contributed by atoms with van der Waals surface area (Å²) >= 11 is 1.50. The second-order valence-corrected chi connectivity index (χ2v) is 8.22. The molecule has 0 radical (unpaired) electrons. The first-order chi connectivity index (χ1) is 11.8. The molecule has 1 amide bonds. The summed E-state index contributed by atoms with van der Waals surface area (Å²) in [5, 5.41) is 4.40. The average molecular weight is 379 g/mol. The van der Waals surface area contributed by atoms with E-state index in [0.29, 0.717) is 5.69 Å². The number of rotatable bonds is 6. The van der Waals surface area contributed by atoms with Crippen LogP contribution in [0.1, 0.15) is 10.4 Å². The Kier molecular flexibility index (Phi) is 6.11. The number of carbonyl (C=O) groups excluding carboxylic acids is 2. The molecule has 1 aromatic heterocycles. The molecule has 0 saturated heterocycles. The van der Waals surface area contributed by atoms with E-state index in [0.717, 1.165) is 16.7 Å². The van der Waals surface area contributed by atoms with Crippen molar-refractivity contribution in [3.8, 4) is 0 Å². The second kappa shape index (κ2) is 8.09. The number of thiophene rings is 1. The first-order valence-electron chi connectivity index (χ1n) is 7.24. The van der Waals surface area contributed by atoms with Crippen LogP contribution in [0.15, 0.2) is 46.7 Å².